The highest BCUT2D eigenvalue weighted by atomic mass is 32.1. The monoisotopic (exact) mass is 320 g/mol. The van der Waals surface area contributed by atoms with Crippen molar-refractivity contribution in [3.8, 4) is 0 Å². The van der Waals surface area contributed by atoms with Crippen molar-refractivity contribution in [1.82, 2.24) is 4.90 Å². The van der Waals surface area contributed by atoms with Gasteiger partial charge in [0, 0.05) is 26.1 Å². The van der Waals surface area contributed by atoms with Crippen LogP contribution in [0.5, 0.6) is 0 Å². The Bertz CT molecular complexity index is 566. The number of likely N-dealkylation sites (tertiary alicyclic amines) is 1. The van der Waals surface area contributed by atoms with Crippen LogP contribution < -0.4 is 5.73 Å². The Labute approximate surface area is 137 Å². The van der Waals surface area contributed by atoms with Crippen LogP contribution in [0.25, 0.3) is 0 Å². The lowest BCUT2D eigenvalue weighted by molar-refractivity contribution is -0.143. The van der Waals surface area contributed by atoms with E-state index in [2.05, 4.69) is 0 Å². The lowest BCUT2D eigenvalue weighted by atomic mass is 9.95. The third-order valence-electron chi connectivity index (χ3n) is 4.39. The number of benzene rings is 1. The lowest BCUT2D eigenvalue weighted by Gasteiger charge is -2.34. The van der Waals surface area contributed by atoms with Crippen LogP contribution in [0.15, 0.2) is 18.2 Å². The van der Waals surface area contributed by atoms with Crippen LogP contribution in [0.3, 0.4) is 0 Å². The fourth-order valence-corrected chi connectivity index (χ4v) is 3.19. The third-order valence-corrected chi connectivity index (χ3v) is 4.72. The van der Waals surface area contributed by atoms with Crippen molar-refractivity contribution in [2.24, 2.45) is 11.7 Å². The second kappa shape index (κ2) is 7.20. The Kier molecular flexibility index (Phi) is 5.53. The predicted octanol–water partition coefficient (Wildman–Crippen LogP) is 2.52. The number of amides is 1. The summed E-state index contributed by atoms with van der Waals surface area (Å²) in [6.45, 7) is 5.40. The molecule has 2 rings (SSSR count). The summed E-state index contributed by atoms with van der Waals surface area (Å²) in [4.78, 5) is 15.2. The molecule has 1 aliphatic rings. The standard InChI is InChI=1S/C17H24N2O2S/c1-11-4-5-12(2)14(10-11)15(21-3)17(20)19-8-6-13(7-9-19)16(18)22/h4-5,10,13,15H,6-9H2,1-3H3,(H2,18,22). The van der Waals surface area contributed by atoms with E-state index in [4.69, 9.17) is 22.7 Å². The molecule has 120 valence electrons. The number of aryl methyl sites for hydroxylation is 2. The van der Waals surface area contributed by atoms with Crippen LogP contribution in [-0.4, -0.2) is 36.0 Å². The predicted molar refractivity (Wildman–Crippen MR) is 91.8 cm³/mol. The molecule has 1 amide bonds. The lowest BCUT2D eigenvalue weighted by Crippen LogP contribution is -2.43. The van der Waals surface area contributed by atoms with Gasteiger partial charge in [0.2, 0.25) is 0 Å². The maximum atomic E-state index is 12.8. The van der Waals surface area contributed by atoms with E-state index in [0.717, 1.165) is 29.5 Å². The highest BCUT2D eigenvalue weighted by Gasteiger charge is 2.30. The molecule has 1 unspecified atom stereocenters. The minimum atomic E-state index is -0.540. The van der Waals surface area contributed by atoms with Gasteiger partial charge in [0.05, 0.1) is 4.99 Å². The summed E-state index contributed by atoms with van der Waals surface area (Å²) in [6.07, 6.45) is 1.13. The van der Waals surface area contributed by atoms with Crippen LogP contribution in [0, 0.1) is 19.8 Å². The van der Waals surface area contributed by atoms with Crippen LogP contribution in [0.4, 0.5) is 0 Å². The highest BCUT2D eigenvalue weighted by molar-refractivity contribution is 7.80. The Hall–Kier alpha value is -1.46. The summed E-state index contributed by atoms with van der Waals surface area (Å²) in [5.74, 6) is 0.276. The number of hydrogen-bond donors (Lipinski definition) is 1. The van der Waals surface area contributed by atoms with Crippen molar-refractivity contribution in [1.29, 1.82) is 0 Å². The fraction of sp³-hybridized carbons (Fsp3) is 0.529. The normalized spacial score (nSPS) is 17.3. The molecule has 1 aromatic carbocycles. The molecule has 1 aromatic rings. The Morgan fingerprint density at radius 3 is 2.55 bits per heavy atom. The van der Waals surface area contributed by atoms with Gasteiger partial charge in [0.1, 0.15) is 0 Å². The van der Waals surface area contributed by atoms with Gasteiger partial charge in [0.15, 0.2) is 6.10 Å². The van der Waals surface area contributed by atoms with E-state index >= 15 is 0 Å². The molecule has 0 aromatic heterocycles. The summed E-state index contributed by atoms with van der Waals surface area (Å²) < 4.78 is 5.52. The number of carbonyl (C=O) groups excluding carboxylic acids is 1. The molecule has 22 heavy (non-hydrogen) atoms. The molecule has 0 aliphatic carbocycles. The first kappa shape index (κ1) is 16.9. The van der Waals surface area contributed by atoms with E-state index in [1.54, 1.807) is 7.11 Å². The number of thiocarbonyl (C=S) groups is 1. The largest absolute Gasteiger partial charge is 0.393 e. The number of nitrogens with zero attached hydrogens (tertiary/aromatic N) is 1. The quantitative estimate of drug-likeness (QED) is 0.866. The molecule has 1 heterocycles. The van der Waals surface area contributed by atoms with Gasteiger partial charge in [-0.05, 0) is 37.8 Å². The molecular weight excluding hydrogens is 296 g/mol. The second-order valence-electron chi connectivity index (χ2n) is 5.98. The minimum Gasteiger partial charge on any atom is -0.393 e. The van der Waals surface area contributed by atoms with Crippen LogP contribution >= 0.6 is 12.2 Å². The third kappa shape index (κ3) is 3.65. The molecule has 0 saturated carbocycles. The summed E-state index contributed by atoms with van der Waals surface area (Å²) in [5.41, 5.74) is 8.85. The average molecular weight is 320 g/mol. The molecule has 0 radical (unpaired) electrons. The Morgan fingerprint density at radius 1 is 1.36 bits per heavy atom. The second-order valence-corrected chi connectivity index (χ2v) is 6.45. The number of carbonyl (C=O) groups is 1. The van der Waals surface area contributed by atoms with Gasteiger partial charge in [-0.1, -0.05) is 36.0 Å². The van der Waals surface area contributed by atoms with Gasteiger partial charge < -0.3 is 15.4 Å². The number of piperidine rings is 1. The Morgan fingerprint density at radius 2 is 2.00 bits per heavy atom. The van der Waals surface area contributed by atoms with E-state index < -0.39 is 6.10 Å². The van der Waals surface area contributed by atoms with Gasteiger partial charge in [-0.3, -0.25) is 4.79 Å². The number of nitrogens with two attached hydrogens (primary N) is 1. The molecule has 1 aliphatic heterocycles. The number of hydrogen-bond acceptors (Lipinski definition) is 3. The van der Waals surface area contributed by atoms with E-state index in [9.17, 15) is 4.79 Å². The number of rotatable bonds is 4. The molecular formula is C17H24N2O2S. The molecule has 1 atom stereocenters. The van der Waals surface area contributed by atoms with Crippen molar-refractivity contribution < 1.29 is 9.53 Å². The van der Waals surface area contributed by atoms with Crippen molar-refractivity contribution in [3.63, 3.8) is 0 Å². The summed E-state index contributed by atoms with van der Waals surface area (Å²) in [6, 6.07) is 6.11. The van der Waals surface area contributed by atoms with Gasteiger partial charge in [-0.25, -0.2) is 0 Å². The van der Waals surface area contributed by atoms with E-state index in [1.165, 1.54) is 0 Å². The first-order valence-corrected chi connectivity index (χ1v) is 8.03. The summed E-state index contributed by atoms with van der Waals surface area (Å²) >= 11 is 5.05. The zero-order chi connectivity index (χ0) is 16.3. The van der Waals surface area contributed by atoms with Gasteiger partial charge in [-0.2, -0.15) is 0 Å². The zero-order valence-electron chi connectivity index (χ0n) is 13.5. The van der Waals surface area contributed by atoms with Crippen LogP contribution in [-0.2, 0) is 9.53 Å². The number of ether oxygens (including phenoxy) is 1. The molecule has 2 N–H and O–H groups in total. The molecule has 1 saturated heterocycles. The highest BCUT2D eigenvalue weighted by Crippen LogP contribution is 2.26. The van der Waals surface area contributed by atoms with Gasteiger partial charge >= 0.3 is 0 Å². The van der Waals surface area contributed by atoms with Crippen molar-refractivity contribution in [3.05, 3.63) is 34.9 Å². The fourth-order valence-electron chi connectivity index (χ4n) is 2.95. The maximum Gasteiger partial charge on any atom is 0.256 e. The molecule has 1 fully saturated rings. The maximum absolute atomic E-state index is 12.8. The molecule has 0 bridgehead atoms. The Balaban J connectivity index is 2.13. The summed E-state index contributed by atoms with van der Waals surface area (Å²) in [7, 11) is 1.59. The first-order valence-electron chi connectivity index (χ1n) is 7.62. The van der Waals surface area contributed by atoms with Crippen molar-refractivity contribution in [2.75, 3.05) is 20.2 Å². The number of methoxy groups -OCH3 is 1. The molecule has 0 spiro atoms. The van der Waals surface area contributed by atoms with Gasteiger partial charge in [0.25, 0.3) is 5.91 Å². The van der Waals surface area contributed by atoms with Crippen molar-refractivity contribution in [2.45, 2.75) is 32.8 Å². The topological polar surface area (TPSA) is 55.6 Å². The smallest absolute Gasteiger partial charge is 0.256 e. The van der Waals surface area contributed by atoms with Gasteiger partial charge in [-0.15, -0.1) is 0 Å². The summed E-state index contributed by atoms with van der Waals surface area (Å²) in [5, 5.41) is 0. The van der Waals surface area contributed by atoms with E-state index in [1.807, 2.05) is 36.9 Å². The SMILES string of the molecule is COC(C(=O)N1CCC(C(N)=S)CC1)c1cc(C)ccc1C. The van der Waals surface area contributed by atoms with Crippen LogP contribution in [0.1, 0.15) is 35.6 Å². The van der Waals surface area contributed by atoms with Crippen molar-refractivity contribution >= 4 is 23.1 Å². The average Bonchev–Trinajstić information content (AvgIpc) is 2.51. The minimum absolute atomic E-state index is 0.0255. The van der Waals surface area contributed by atoms with E-state index in [0.29, 0.717) is 18.1 Å². The van der Waals surface area contributed by atoms with E-state index in [-0.39, 0.29) is 11.8 Å². The zero-order valence-corrected chi connectivity index (χ0v) is 14.3. The van der Waals surface area contributed by atoms with Crippen LogP contribution in [0.2, 0.25) is 0 Å². The first-order chi connectivity index (χ1) is 10.4. The molecule has 5 heteroatoms. The molecule has 4 nitrogen and oxygen atoms in total.